The van der Waals surface area contributed by atoms with Crippen molar-refractivity contribution in [2.24, 2.45) is 5.92 Å². The molecular weight excluding hydrogens is 278 g/mol. The van der Waals surface area contributed by atoms with Crippen molar-refractivity contribution in [2.75, 3.05) is 46.4 Å². The van der Waals surface area contributed by atoms with E-state index in [4.69, 9.17) is 4.74 Å². The number of ether oxygens (including phenoxy) is 1. The minimum Gasteiger partial charge on any atom is -0.380 e. The Morgan fingerprint density at radius 2 is 1.90 bits per heavy atom. The summed E-state index contributed by atoms with van der Waals surface area (Å²) in [6.07, 6.45) is 1.80. The Bertz CT molecular complexity index is 321. The lowest BCUT2D eigenvalue weighted by molar-refractivity contribution is 0.128. The fraction of sp³-hybridized carbons (Fsp3) is 1.00. The van der Waals surface area contributed by atoms with Gasteiger partial charge in [0.05, 0.1) is 6.61 Å². The summed E-state index contributed by atoms with van der Waals surface area (Å²) in [6, 6.07) is 0. The highest BCUT2D eigenvalue weighted by Crippen LogP contribution is 1.99. The second-order valence-corrected chi connectivity index (χ2v) is 7.09. The summed E-state index contributed by atoms with van der Waals surface area (Å²) in [6.45, 7) is 9.95. The van der Waals surface area contributed by atoms with Crippen LogP contribution in [0.2, 0.25) is 0 Å². The first-order valence-electron chi connectivity index (χ1n) is 7.39. The SMILES string of the molecule is CCNCCCN(C)S(=O)(=O)NCCOCCC(C)C. The van der Waals surface area contributed by atoms with Gasteiger partial charge in [0.25, 0.3) is 10.2 Å². The summed E-state index contributed by atoms with van der Waals surface area (Å²) in [7, 11) is -1.78. The van der Waals surface area contributed by atoms with Crippen molar-refractivity contribution in [3.05, 3.63) is 0 Å². The molecule has 20 heavy (non-hydrogen) atoms. The number of nitrogens with one attached hydrogen (secondary N) is 2. The van der Waals surface area contributed by atoms with Crippen LogP contribution in [0.25, 0.3) is 0 Å². The molecule has 0 aromatic rings. The first-order valence-corrected chi connectivity index (χ1v) is 8.83. The Balaban J connectivity index is 3.71. The summed E-state index contributed by atoms with van der Waals surface area (Å²) in [5, 5.41) is 3.17. The van der Waals surface area contributed by atoms with Gasteiger partial charge in [-0.05, 0) is 31.8 Å². The molecule has 0 bridgehead atoms. The quantitative estimate of drug-likeness (QED) is 0.494. The van der Waals surface area contributed by atoms with Crippen LogP contribution in [0.3, 0.4) is 0 Å². The third kappa shape index (κ3) is 10.6. The van der Waals surface area contributed by atoms with Crippen molar-refractivity contribution >= 4 is 10.2 Å². The van der Waals surface area contributed by atoms with Crippen molar-refractivity contribution in [3.8, 4) is 0 Å². The second-order valence-electron chi connectivity index (χ2n) is 5.22. The maximum absolute atomic E-state index is 11.9. The van der Waals surface area contributed by atoms with Crippen LogP contribution in [0.5, 0.6) is 0 Å². The van der Waals surface area contributed by atoms with E-state index >= 15 is 0 Å². The van der Waals surface area contributed by atoms with E-state index < -0.39 is 10.2 Å². The first-order chi connectivity index (χ1) is 9.40. The van der Waals surface area contributed by atoms with Crippen LogP contribution in [0.1, 0.15) is 33.6 Å². The van der Waals surface area contributed by atoms with E-state index in [1.807, 2.05) is 6.92 Å². The van der Waals surface area contributed by atoms with E-state index in [0.717, 1.165) is 25.9 Å². The van der Waals surface area contributed by atoms with Crippen molar-refractivity contribution < 1.29 is 13.2 Å². The molecule has 0 rings (SSSR count). The van der Waals surface area contributed by atoms with Crippen LogP contribution in [-0.4, -0.2) is 59.2 Å². The summed E-state index contributed by atoms with van der Waals surface area (Å²) in [5.41, 5.74) is 0. The summed E-state index contributed by atoms with van der Waals surface area (Å²) in [4.78, 5) is 0. The zero-order chi connectivity index (χ0) is 15.4. The number of hydrogen-bond acceptors (Lipinski definition) is 4. The minimum absolute atomic E-state index is 0.317. The zero-order valence-corrected chi connectivity index (χ0v) is 14.1. The molecule has 6 nitrogen and oxygen atoms in total. The smallest absolute Gasteiger partial charge is 0.279 e. The van der Waals surface area contributed by atoms with E-state index in [0.29, 0.717) is 32.2 Å². The average Bonchev–Trinajstić information content (AvgIpc) is 2.38. The Morgan fingerprint density at radius 1 is 1.20 bits per heavy atom. The lowest BCUT2D eigenvalue weighted by atomic mass is 10.1. The minimum atomic E-state index is -3.38. The van der Waals surface area contributed by atoms with Gasteiger partial charge in [-0.1, -0.05) is 20.8 Å². The van der Waals surface area contributed by atoms with E-state index in [2.05, 4.69) is 23.9 Å². The fourth-order valence-electron chi connectivity index (χ4n) is 1.50. The Kier molecular flexibility index (Phi) is 11.3. The van der Waals surface area contributed by atoms with Crippen molar-refractivity contribution in [1.29, 1.82) is 0 Å². The van der Waals surface area contributed by atoms with Crippen LogP contribution in [0.4, 0.5) is 0 Å². The van der Waals surface area contributed by atoms with E-state index in [9.17, 15) is 8.42 Å². The van der Waals surface area contributed by atoms with Gasteiger partial charge in [-0.25, -0.2) is 0 Å². The molecule has 0 atom stereocenters. The second kappa shape index (κ2) is 11.4. The molecule has 0 aromatic carbocycles. The molecule has 0 aliphatic heterocycles. The fourth-order valence-corrected chi connectivity index (χ4v) is 2.43. The zero-order valence-electron chi connectivity index (χ0n) is 13.3. The molecular formula is C13H31N3O3S. The summed E-state index contributed by atoms with van der Waals surface area (Å²) < 4.78 is 33.0. The topological polar surface area (TPSA) is 70.7 Å². The van der Waals surface area contributed by atoms with Crippen LogP contribution >= 0.6 is 0 Å². The van der Waals surface area contributed by atoms with Gasteiger partial charge in [-0.2, -0.15) is 17.4 Å². The highest BCUT2D eigenvalue weighted by atomic mass is 32.2. The highest BCUT2D eigenvalue weighted by molar-refractivity contribution is 7.87. The summed E-state index contributed by atoms with van der Waals surface area (Å²) in [5.74, 6) is 0.606. The molecule has 2 N–H and O–H groups in total. The molecule has 0 heterocycles. The molecule has 0 aliphatic rings. The normalized spacial score (nSPS) is 12.5. The molecule has 0 spiro atoms. The lowest BCUT2D eigenvalue weighted by Gasteiger charge is -2.17. The molecule has 0 aliphatic carbocycles. The standard InChI is InChI=1S/C13H31N3O3S/c1-5-14-8-6-10-16(4)20(17,18)15-9-12-19-11-7-13(2)3/h13-15H,5-12H2,1-4H3. The van der Waals surface area contributed by atoms with Gasteiger partial charge in [-0.3, -0.25) is 0 Å². The third-order valence-electron chi connectivity index (χ3n) is 2.86. The maximum atomic E-state index is 11.9. The van der Waals surface area contributed by atoms with Crippen molar-refractivity contribution in [2.45, 2.75) is 33.6 Å². The van der Waals surface area contributed by atoms with Crippen LogP contribution in [0, 0.1) is 5.92 Å². The highest BCUT2D eigenvalue weighted by Gasteiger charge is 2.15. The third-order valence-corrected chi connectivity index (χ3v) is 4.43. The van der Waals surface area contributed by atoms with Gasteiger partial charge in [0, 0.05) is 26.7 Å². The van der Waals surface area contributed by atoms with Gasteiger partial charge in [-0.15, -0.1) is 0 Å². The average molecular weight is 309 g/mol. The molecule has 0 aromatic heterocycles. The Morgan fingerprint density at radius 3 is 2.50 bits per heavy atom. The van der Waals surface area contributed by atoms with Crippen LogP contribution in [-0.2, 0) is 14.9 Å². The van der Waals surface area contributed by atoms with Gasteiger partial charge in [0.2, 0.25) is 0 Å². The van der Waals surface area contributed by atoms with Gasteiger partial charge < -0.3 is 10.1 Å². The van der Waals surface area contributed by atoms with E-state index in [1.54, 1.807) is 7.05 Å². The molecule has 0 radical (unpaired) electrons. The number of rotatable bonds is 13. The van der Waals surface area contributed by atoms with Gasteiger partial charge >= 0.3 is 0 Å². The van der Waals surface area contributed by atoms with E-state index in [-0.39, 0.29) is 0 Å². The van der Waals surface area contributed by atoms with E-state index in [1.165, 1.54) is 4.31 Å². The van der Waals surface area contributed by atoms with Crippen molar-refractivity contribution in [1.82, 2.24) is 14.3 Å². The molecule has 0 unspecified atom stereocenters. The van der Waals surface area contributed by atoms with Gasteiger partial charge in [0.1, 0.15) is 0 Å². The summed E-state index contributed by atoms with van der Waals surface area (Å²) >= 11 is 0. The first kappa shape index (κ1) is 19.8. The molecule has 0 saturated heterocycles. The lowest BCUT2D eigenvalue weighted by Crippen LogP contribution is -2.40. The Hall–Kier alpha value is -0.210. The molecule has 0 saturated carbocycles. The largest absolute Gasteiger partial charge is 0.380 e. The molecule has 122 valence electrons. The predicted octanol–water partition coefficient (Wildman–Crippen LogP) is 0.815. The maximum Gasteiger partial charge on any atom is 0.279 e. The predicted molar refractivity (Wildman–Crippen MR) is 83.0 cm³/mol. The molecule has 7 heteroatoms. The molecule has 0 fully saturated rings. The van der Waals surface area contributed by atoms with Crippen LogP contribution < -0.4 is 10.0 Å². The number of hydrogen-bond donors (Lipinski definition) is 2. The molecule has 0 amide bonds. The Labute approximate surface area is 124 Å². The van der Waals surface area contributed by atoms with Crippen LogP contribution in [0.15, 0.2) is 0 Å². The van der Waals surface area contributed by atoms with Crippen molar-refractivity contribution in [3.63, 3.8) is 0 Å². The van der Waals surface area contributed by atoms with Gasteiger partial charge in [0.15, 0.2) is 0 Å². The number of nitrogens with zero attached hydrogens (tertiary/aromatic N) is 1. The monoisotopic (exact) mass is 309 g/mol.